The number of nitrogens with two attached hydrogens (primary N) is 1. The van der Waals surface area contributed by atoms with Gasteiger partial charge < -0.3 is 5.73 Å². The van der Waals surface area contributed by atoms with Crippen LogP contribution in [-0.4, -0.2) is 9.36 Å². The monoisotopic (exact) mass is 251 g/mol. The molecule has 1 aromatic carbocycles. The zero-order valence-electron chi connectivity index (χ0n) is 9.01. The molecule has 0 aliphatic rings. The minimum absolute atomic E-state index is 0.791. The van der Waals surface area contributed by atoms with Crippen LogP contribution < -0.4 is 5.73 Å². The maximum atomic E-state index is 5.87. The van der Waals surface area contributed by atoms with Crippen molar-refractivity contribution in [3.63, 3.8) is 0 Å². The van der Waals surface area contributed by atoms with Crippen molar-refractivity contribution in [2.45, 2.75) is 29.0 Å². The molecule has 2 rings (SSSR count). The standard InChI is InChI=1S/C11H13N3S2/c1-2-5-10-13-11(16-14-10)15-9-7-4-3-6-8(9)12/h3-4,6-7H,2,5,12H2,1H3. The van der Waals surface area contributed by atoms with Gasteiger partial charge >= 0.3 is 0 Å². The number of nitrogen functional groups attached to an aromatic ring is 1. The highest BCUT2D eigenvalue weighted by Crippen LogP contribution is 2.32. The Bertz CT molecular complexity index is 468. The van der Waals surface area contributed by atoms with Crippen molar-refractivity contribution in [2.75, 3.05) is 5.73 Å². The number of aromatic nitrogens is 2. The lowest BCUT2D eigenvalue weighted by Gasteiger charge is -2.00. The van der Waals surface area contributed by atoms with E-state index in [1.807, 2.05) is 24.3 Å². The van der Waals surface area contributed by atoms with Gasteiger partial charge in [-0.2, -0.15) is 4.37 Å². The van der Waals surface area contributed by atoms with Gasteiger partial charge in [0.1, 0.15) is 5.82 Å². The molecule has 0 saturated carbocycles. The smallest absolute Gasteiger partial charge is 0.174 e. The van der Waals surface area contributed by atoms with Crippen LogP contribution in [0.4, 0.5) is 5.69 Å². The fourth-order valence-electron chi connectivity index (χ4n) is 1.27. The van der Waals surface area contributed by atoms with Crippen molar-refractivity contribution in [2.24, 2.45) is 0 Å². The first-order valence-corrected chi connectivity index (χ1v) is 6.73. The summed E-state index contributed by atoms with van der Waals surface area (Å²) in [6.45, 7) is 2.13. The van der Waals surface area contributed by atoms with Crippen LogP contribution in [0.1, 0.15) is 19.2 Å². The van der Waals surface area contributed by atoms with E-state index in [-0.39, 0.29) is 0 Å². The molecule has 1 heterocycles. The SMILES string of the molecule is CCCc1nsc(Sc2ccccc2N)n1. The second-order valence-corrected chi connectivity index (χ2v) is 5.41. The van der Waals surface area contributed by atoms with Crippen LogP contribution in [0.5, 0.6) is 0 Å². The Labute approximate surface area is 103 Å². The first-order chi connectivity index (χ1) is 7.79. The summed E-state index contributed by atoms with van der Waals surface area (Å²) in [5.41, 5.74) is 6.66. The minimum atomic E-state index is 0.791. The van der Waals surface area contributed by atoms with Crippen molar-refractivity contribution in [1.29, 1.82) is 0 Å². The average molecular weight is 251 g/mol. The predicted molar refractivity (Wildman–Crippen MR) is 68.9 cm³/mol. The zero-order valence-corrected chi connectivity index (χ0v) is 10.6. The topological polar surface area (TPSA) is 51.8 Å². The molecular weight excluding hydrogens is 238 g/mol. The molecule has 0 aliphatic carbocycles. The molecule has 2 aromatic rings. The first kappa shape index (κ1) is 11.4. The summed E-state index contributed by atoms with van der Waals surface area (Å²) in [5, 5.41) is 0. The summed E-state index contributed by atoms with van der Waals surface area (Å²) in [6.07, 6.45) is 2.02. The number of hydrogen-bond acceptors (Lipinski definition) is 5. The average Bonchev–Trinajstić information content (AvgIpc) is 2.70. The number of rotatable bonds is 4. The highest BCUT2D eigenvalue weighted by atomic mass is 32.2. The van der Waals surface area contributed by atoms with E-state index in [1.165, 1.54) is 11.5 Å². The summed E-state index contributed by atoms with van der Waals surface area (Å²) in [7, 11) is 0. The summed E-state index contributed by atoms with van der Waals surface area (Å²) in [6, 6.07) is 7.81. The molecule has 5 heteroatoms. The van der Waals surface area contributed by atoms with Gasteiger partial charge in [0, 0.05) is 17.0 Å². The van der Waals surface area contributed by atoms with Crippen molar-refractivity contribution in [1.82, 2.24) is 9.36 Å². The van der Waals surface area contributed by atoms with Crippen LogP contribution in [0.3, 0.4) is 0 Å². The van der Waals surface area contributed by atoms with Gasteiger partial charge in [-0.25, -0.2) is 4.98 Å². The molecule has 84 valence electrons. The summed E-state index contributed by atoms with van der Waals surface area (Å²) in [5.74, 6) is 0.935. The second kappa shape index (κ2) is 5.32. The molecule has 0 atom stereocenters. The predicted octanol–water partition coefficient (Wildman–Crippen LogP) is 3.22. The molecule has 0 fully saturated rings. The number of benzene rings is 1. The van der Waals surface area contributed by atoms with Gasteiger partial charge in [-0.05, 0) is 30.1 Å². The number of nitrogens with zero attached hydrogens (tertiary/aromatic N) is 2. The van der Waals surface area contributed by atoms with Crippen LogP contribution in [-0.2, 0) is 6.42 Å². The molecule has 16 heavy (non-hydrogen) atoms. The fraction of sp³-hybridized carbons (Fsp3) is 0.273. The Balaban J connectivity index is 2.11. The maximum Gasteiger partial charge on any atom is 0.174 e. The maximum absolute atomic E-state index is 5.87. The fourth-order valence-corrected chi connectivity index (χ4v) is 2.94. The van der Waals surface area contributed by atoms with E-state index in [2.05, 4.69) is 16.3 Å². The van der Waals surface area contributed by atoms with E-state index < -0.39 is 0 Å². The van der Waals surface area contributed by atoms with Gasteiger partial charge in [0.2, 0.25) is 0 Å². The molecule has 0 bridgehead atoms. The molecule has 0 radical (unpaired) electrons. The van der Waals surface area contributed by atoms with Gasteiger partial charge in [-0.15, -0.1) is 0 Å². The largest absolute Gasteiger partial charge is 0.398 e. The number of para-hydroxylation sites is 1. The molecule has 2 N–H and O–H groups in total. The van der Waals surface area contributed by atoms with Crippen LogP contribution in [0.15, 0.2) is 33.5 Å². The van der Waals surface area contributed by atoms with E-state index >= 15 is 0 Å². The number of aryl methyl sites for hydroxylation is 1. The Morgan fingerprint density at radius 1 is 1.38 bits per heavy atom. The molecule has 0 amide bonds. The number of anilines is 1. The Kier molecular flexibility index (Phi) is 3.79. The van der Waals surface area contributed by atoms with Crippen molar-refractivity contribution in [3.8, 4) is 0 Å². The van der Waals surface area contributed by atoms with E-state index in [0.717, 1.165) is 33.6 Å². The Morgan fingerprint density at radius 2 is 2.19 bits per heavy atom. The molecule has 0 spiro atoms. The van der Waals surface area contributed by atoms with E-state index in [9.17, 15) is 0 Å². The minimum Gasteiger partial charge on any atom is -0.398 e. The van der Waals surface area contributed by atoms with Crippen LogP contribution in [0.25, 0.3) is 0 Å². The number of hydrogen-bond donors (Lipinski definition) is 1. The van der Waals surface area contributed by atoms with Gasteiger partial charge in [0.05, 0.1) is 0 Å². The molecule has 0 saturated heterocycles. The Morgan fingerprint density at radius 3 is 2.94 bits per heavy atom. The highest BCUT2D eigenvalue weighted by Gasteiger charge is 2.06. The first-order valence-electron chi connectivity index (χ1n) is 5.14. The third-order valence-electron chi connectivity index (χ3n) is 2.04. The van der Waals surface area contributed by atoms with Crippen molar-refractivity contribution in [3.05, 3.63) is 30.1 Å². The molecule has 3 nitrogen and oxygen atoms in total. The zero-order chi connectivity index (χ0) is 11.4. The lowest BCUT2D eigenvalue weighted by atomic mass is 10.3. The van der Waals surface area contributed by atoms with Crippen LogP contribution >= 0.6 is 23.3 Å². The molecule has 0 aliphatic heterocycles. The van der Waals surface area contributed by atoms with Crippen LogP contribution in [0.2, 0.25) is 0 Å². The highest BCUT2D eigenvalue weighted by molar-refractivity contribution is 8.01. The Hall–Kier alpha value is -1.07. The molecule has 1 aromatic heterocycles. The lowest BCUT2D eigenvalue weighted by molar-refractivity contribution is 0.851. The van der Waals surface area contributed by atoms with Crippen molar-refractivity contribution >= 4 is 29.0 Å². The van der Waals surface area contributed by atoms with E-state index in [1.54, 1.807) is 11.8 Å². The quantitative estimate of drug-likeness (QED) is 0.848. The summed E-state index contributed by atoms with van der Waals surface area (Å²) >= 11 is 3.02. The van der Waals surface area contributed by atoms with Crippen LogP contribution in [0, 0.1) is 0 Å². The van der Waals surface area contributed by atoms with Crippen molar-refractivity contribution < 1.29 is 0 Å². The normalized spacial score (nSPS) is 10.6. The van der Waals surface area contributed by atoms with E-state index in [0.29, 0.717) is 0 Å². The third-order valence-corrected chi connectivity index (χ3v) is 3.92. The van der Waals surface area contributed by atoms with Gasteiger partial charge in [-0.3, -0.25) is 0 Å². The third kappa shape index (κ3) is 2.74. The second-order valence-electron chi connectivity index (χ2n) is 3.37. The lowest BCUT2D eigenvalue weighted by Crippen LogP contribution is -1.87. The van der Waals surface area contributed by atoms with Gasteiger partial charge in [0.15, 0.2) is 4.34 Å². The summed E-state index contributed by atoms with van der Waals surface area (Å²) < 4.78 is 5.26. The molecular formula is C11H13N3S2. The van der Waals surface area contributed by atoms with Gasteiger partial charge in [-0.1, -0.05) is 30.8 Å². The van der Waals surface area contributed by atoms with E-state index in [4.69, 9.17) is 5.73 Å². The van der Waals surface area contributed by atoms with Gasteiger partial charge in [0.25, 0.3) is 0 Å². The molecule has 0 unspecified atom stereocenters. The summed E-state index contributed by atoms with van der Waals surface area (Å²) in [4.78, 5) is 5.49.